The Kier molecular flexibility index (Phi) is 3.37. The first-order valence-corrected chi connectivity index (χ1v) is 5.76. The number of nitrogens with zero attached hydrogens (tertiary/aromatic N) is 1. The first-order valence-electron chi connectivity index (χ1n) is 4.94. The minimum Gasteiger partial charge on any atom is -0.295 e. The molecule has 3 heteroatoms. The van der Waals surface area contributed by atoms with E-state index in [9.17, 15) is 4.79 Å². The van der Waals surface area contributed by atoms with Crippen molar-refractivity contribution in [1.82, 2.24) is 4.98 Å². The smallest absolute Gasteiger partial charge is 0.159 e. The molecule has 0 bridgehead atoms. The molecule has 16 heavy (non-hydrogen) atoms. The van der Waals surface area contributed by atoms with Crippen LogP contribution in [0.3, 0.4) is 0 Å². The Morgan fingerprint density at radius 1 is 1.12 bits per heavy atom. The van der Waals surface area contributed by atoms with E-state index in [0.717, 1.165) is 15.4 Å². The molecular weight excluding hydrogens is 218 g/mol. The molecule has 2 rings (SSSR count). The van der Waals surface area contributed by atoms with E-state index < -0.39 is 0 Å². The van der Waals surface area contributed by atoms with Gasteiger partial charge in [0.15, 0.2) is 5.78 Å². The third-order valence-electron chi connectivity index (χ3n) is 2.13. The van der Waals surface area contributed by atoms with Gasteiger partial charge in [0, 0.05) is 27.7 Å². The summed E-state index contributed by atoms with van der Waals surface area (Å²) in [6.45, 7) is 1.57. The van der Waals surface area contributed by atoms with Crippen LogP contribution in [0.25, 0.3) is 0 Å². The summed E-state index contributed by atoms with van der Waals surface area (Å²) in [4.78, 5) is 17.4. The van der Waals surface area contributed by atoms with Crippen molar-refractivity contribution in [3.8, 4) is 0 Å². The molecule has 0 radical (unpaired) electrons. The maximum atomic E-state index is 11.1. The van der Waals surface area contributed by atoms with E-state index in [0.29, 0.717) is 0 Å². The summed E-state index contributed by atoms with van der Waals surface area (Å²) in [6.07, 6.45) is 3.58. The van der Waals surface area contributed by atoms with Gasteiger partial charge in [-0.3, -0.25) is 9.78 Å². The van der Waals surface area contributed by atoms with Gasteiger partial charge in [0.25, 0.3) is 0 Å². The molecule has 0 aliphatic heterocycles. The van der Waals surface area contributed by atoms with Gasteiger partial charge in [-0.2, -0.15) is 0 Å². The summed E-state index contributed by atoms with van der Waals surface area (Å²) in [5.74, 6) is 0.0953. The van der Waals surface area contributed by atoms with Crippen LogP contribution >= 0.6 is 11.8 Å². The van der Waals surface area contributed by atoms with Gasteiger partial charge in [-0.25, -0.2) is 0 Å². The highest BCUT2D eigenvalue weighted by atomic mass is 32.2. The van der Waals surface area contributed by atoms with E-state index in [2.05, 4.69) is 4.98 Å². The highest BCUT2D eigenvalue weighted by Gasteiger charge is 2.00. The molecule has 1 heterocycles. The van der Waals surface area contributed by atoms with E-state index in [-0.39, 0.29) is 5.78 Å². The summed E-state index contributed by atoms with van der Waals surface area (Å²) in [5.41, 5.74) is 0.746. The summed E-state index contributed by atoms with van der Waals surface area (Å²) < 4.78 is 0. The third kappa shape index (κ3) is 2.70. The second-order valence-electron chi connectivity index (χ2n) is 3.37. The Hall–Kier alpha value is -1.61. The Balaban J connectivity index is 2.14. The fourth-order valence-corrected chi connectivity index (χ4v) is 2.11. The number of hydrogen-bond acceptors (Lipinski definition) is 3. The van der Waals surface area contributed by atoms with Crippen LogP contribution in [0, 0.1) is 0 Å². The minimum atomic E-state index is 0.0953. The van der Waals surface area contributed by atoms with Gasteiger partial charge in [0.2, 0.25) is 0 Å². The first kappa shape index (κ1) is 10.9. The maximum absolute atomic E-state index is 11.1. The van der Waals surface area contributed by atoms with Gasteiger partial charge in [-0.15, -0.1) is 0 Å². The Morgan fingerprint density at radius 2 is 1.88 bits per heavy atom. The van der Waals surface area contributed by atoms with Crippen molar-refractivity contribution < 1.29 is 4.79 Å². The third-order valence-corrected chi connectivity index (χ3v) is 3.12. The fraction of sp³-hybridized carbons (Fsp3) is 0.0769. The van der Waals surface area contributed by atoms with Crippen molar-refractivity contribution in [2.45, 2.75) is 16.7 Å². The van der Waals surface area contributed by atoms with Crippen LogP contribution in [-0.4, -0.2) is 10.8 Å². The lowest BCUT2D eigenvalue weighted by atomic mass is 10.2. The number of aromatic nitrogens is 1. The van der Waals surface area contributed by atoms with Gasteiger partial charge < -0.3 is 0 Å². The van der Waals surface area contributed by atoms with Crippen molar-refractivity contribution in [2.75, 3.05) is 0 Å². The lowest BCUT2D eigenvalue weighted by Crippen LogP contribution is -1.90. The van der Waals surface area contributed by atoms with Crippen molar-refractivity contribution in [1.29, 1.82) is 0 Å². The predicted octanol–water partition coefficient (Wildman–Crippen LogP) is 3.44. The zero-order chi connectivity index (χ0) is 11.4. The van der Waals surface area contributed by atoms with Gasteiger partial charge in [0.1, 0.15) is 0 Å². The normalized spacial score (nSPS) is 10.1. The first-order chi connectivity index (χ1) is 7.75. The molecule has 0 saturated carbocycles. The molecule has 2 nitrogen and oxygen atoms in total. The predicted molar refractivity (Wildman–Crippen MR) is 64.8 cm³/mol. The zero-order valence-corrected chi connectivity index (χ0v) is 9.70. The molecule has 0 aliphatic rings. The van der Waals surface area contributed by atoms with Crippen LogP contribution in [0.15, 0.2) is 58.6 Å². The SMILES string of the molecule is CC(=O)c1ccc(Sc2cccnc2)cc1. The van der Waals surface area contributed by atoms with E-state index in [1.165, 1.54) is 0 Å². The van der Waals surface area contributed by atoms with E-state index in [4.69, 9.17) is 0 Å². The lowest BCUT2D eigenvalue weighted by Gasteiger charge is -2.01. The molecule has 0 atom stereocenters. The molecule has 2 aromatic rings. The molecule has 1 aromatic carbocycles. The number of hydrogen-bond donors (Lipinski definition) is 0. The molecular formula is C13H11NOS. The number of pyridine rings is 1. The van der Waals surface area contributed by atoms with Crippen molar-refractivity contribution in [3.05, 3.63) is 54.4 Å². The average molecular weight is 229 g/mol. The van der Waals surface area contributed by atoms with Crippen LogP contribution in [0.1, 0.15) is 17.3 Å². The zero-order valence-electron chi connectivity index (χ0n) is 8.88. The number of rotatable bonds is 3. The number of carbonyl (C=O) groups is 1. The second kappa shape index (κ2) is 4.94. The van der Waals surface area contributed by atoms with Crippen LogP contribution < -0.4 is 0 Å². The Morgan fingerprint density at radius 3 is 2.44 bits per heavy atom. The maximum Gasteiger partial charge on any atom is 0.159 e. The van der Waals surface area contributed by atoms with Gasteiger partial charge in [-0.1, -0.05) is 23.9 Å². The van der Waals surface area contributed by atoms with Crippen LogP contribution in [-0.2, 0) is 0 Å². The van der Waals surface area contributed by atoms with E-state index >= 15 is 0 Å². The van der Waals surface area contributed by atoms with Crippen molar-refractivity contribution >= 4 is 17.5 Å². The monoisotopic (exact) mass is 229 g/mol. The highest BCUT2D eigenvalue weighted by Crippen LogP contribution is 2.26. The van der Waals surface area contributed by atoms with Gasteiger partial charge in [0.05, 0.1) is 0 Å². The van der Waals surface area contributed by atoms with Crippen LogP contribution in [0.5, 0.6) is 0 Å². The lowest BCUT2D eigenvalue weighted by molar-refractivity contribution is 0.101. The Bertz CT molecular complexity index is 479. The molecule has 0 unspecified atom stereocenters. The van der Waals surface area contributed by atoms with Crippen molar-refractivity contribution in [2.24, 2.45) is 0 Å². The number of ketones is 1. The standard InChI is InChI=1S/C13H11NOS/c1-10(15)11-4-6-12(7-5-11)16-13-3-2-8-14-9-13/h2-9H,1H3. The molecule has 0 fully saturated rings. The molecule has 0 saturated heterocycles. The molecule has 0 spiro atoms. The highest BCUT2D eigenvalue weighted by molar-refractivity contribution is 7.99. The molecule has 0 N–H and O–H groups in total. The van der Waals surface area contributed by atoms with Gasteiger partial charge in [-0.05, 0) is 31.2 Å². The topological polar surface area (TPSA) is 30.0 Å². The van der Waals surface area contributed by atoms with E-state index in [1.54, 1.807) is 24.9 Å². The van der Waals surface area contributed by atoms with Crippen molar-refractivity contribution in [3.63, 3.8) is 0 Å². The molecule has 1 aromatic heterocycles. The summed E-state index contributed by atoms with van der Waals surface area (Å²) >= 11 is 1.63. The minimum absolute atomic E-state index is 0.0953. The van der Waals surface area contributed by atoms with Crippen LogP contribution in [0.4, 0.5) is 0 Å². The number of carbonyl (C=O) groups excluding carboxylic acids is 1. The average Bonchev–Trinajstić information content (AvgIpc) is 2.31. The molecule has 80 valence electrons. The van der Waals surface area contributed by atoms with E-state index in [1.807, 2.05) is 42.6 Å². The number of Topliss-reactive ketones (excluding diaryl/α,β-unsaturated/α-hetero) is 1. The summed E-state index contributed by atoms with van der Waals surface area (Å²) in [5, 5.41) is 0. The summed E-state index contributed by atoms with van der Waals surface area (Å²) in [6, 6.07) is 11.5. The number of benzene rings is 1. The van der Waals surface area contributed by atoms with Gasteiger partial charge >= 0.3 is 0 Å². The molecule has 0 amide bonds. The Labute approximate surface area is 98.7 Å². The molecule has 0 aliphatic carbocycles. The largest absolute Gasteiger partial charge is 0.295 e. The fourth-order valence-electron chi connectivity index (χ4n) is 1.30. The van der Waals surface area contributed by atoms with Crippen LogP contribution in [0.2, 0.25) is 0 Å². The second-order valence-corrected chi connectivity index (χ2v) is 4.52. The quantitative estimate of drug-likeness (QED) is 0.755. The summed E-state index contributed by atoms with van der Waals surface area (Å²) in [7, 11) is 0.